The zero-order chi connectivity index (χ0) is 10.6. The van der Waals surface area contributed by atoms with E-state index in [4.69, 9.17) is 9.47 Å². The third-order valence-electron chi connectivity index (χ3n) is 2.30. The molecule has 0 aliphatic heterocycles. The van der Waals surface area contributed by atoms with Crippen LogP contribution in [0.3, 0.4) is 0 Å². The molecule has 0 saturated heterocycles. The van der Waals surface area contributed by atoms with Crippen LogP contribution < -0.4 is 9.47 Å². The summed E-state index contributed by atoms with van der Waals surface area (Å²) in [6.07, 6.45) is 0.224. The van der Waals surface area contributed by atoms with Gasteiger partial charge in [0.15, 0.2) is 0 Å². The van der Waals surface area contributed by atoms with Gasteiger partial charge in [0.05, 0.1) is 13.2 Å². The fourth-order valence-electron chi connectivity index (χ4n) is 1.03. The molecule has 0 aromatic heterocycles. The van der Waals surface area contributed by atoms with Gasteiger partial charge in [-0.05, 0) is 25.0 Å². The molecule has 0 spiro atoms. The molecule has 0 bridgehead atoms. The fraction of sp³-hybridized carbons (Fsp3) is 0.500. The Morgan fingerprint density at radius 3 is 2.29 bits per heavy atom. The summed E-state index contributed by atoms with van der Waals surface area (Å²) in [5.41, 5.74) is 0. The molecule has 2 heteroatoms. The SMILES string of the molecule is COc1cccc(OC(C)C(C)C)c1. The minimum Gasteiger partial charge on any atom is -0.497 e. The highest BCUT2D eigenvalue weighted by Gasteiger charge is 2.08. The largest absolute Gasteiger partial charge is 0.497 e. The lowest BCUT2D eigenvalue weighted by atomic mass is 10.1. The highest BCUT2D eigenvalue weighted by Crippen LogP contribution is 2.21. The van der Waals surface area contributed by atoms with E-state index in [0.717, 1.165) is 11.5 Å². The molecule has 1 atom stereocenters. The molecule has 14 heavy (non-hydrogen) atoms. The van der Waals surface area contributed by atoms with E-state index in [1.54, 1.807) is 7.11 Å². The molecule has 0 saturated carbocycles. The Labute approximate surface area is 85.8 Å². The van der Waals surface area contributed by atoms with Crippen molar-refractivity contribution in [1.82, 2.24) is 0 Å². The predicted molar refractivity (Wildman–Crippen MR) is 57.9 cm³/mol. The van der Waals surface area contributed by atoms with E-state index in [1.165, 1.54) is 0 Å². The second-order valence-electron chi connectivity index (χ2n) is 3.75. The van der Waals surface area contributed by atoms with Gasteiger partial charge >= 0.3 is 0 Å². The van der Waals surface area contributed by atoms with Crippen LogP contribution in [0.5, 0.6) is 11.5 Å². The van der Waals surface area contributed by atoms with Crippen molar-refractivity contribution in [1.29, 1.82) is 0 Å². The number of rotatable bonds is 4. The Balaban J connectivity index is 2.66. The summed E-state index contributed by atoms with van der Waals surface area (Å²) in [5.74, 6) is 2.21. The lowest BCUT2D eigenvalue weighted by molar-refractivity contribution is 0.170. The molecule has 2 nitrogen and oxygen atoms in total. The van der Waals surface area contributed by atoms with E-state index in [-0.39, 0.29) is 6.10 Å². The van der Waals surface area contributed by atoms with Crippen molar-refractivity contribution in [3.63, 3.8) is 0 Å². The van der Waals surface area contributed by atoms with E-state index < -0.39 is 0 Å². The first kappa shape index (κ1) is 10.9. The summed E-state index contributed by atoms with van der Waals surface area (Å²) in [6.45, 7) is 6.36. The molecule has 0 aliphatic rings. The summed E-state index contributed by atoms with van der Waals surface area (Å²) in [5, 5.41) is 0. The molecular formula is C12H18O2. The highest BCUT2D eigenvalue weighted by molar-refractivity contribution is 5.32. The molecule has 0 aliphatic carbocycles. The van der Waals surface area contributed by atoms with Gasteiger partial charge in [0.1, 0.15) is 11.5 Å². The van der Waals surface area contributed by atoms with Crippen LogP contribution in [0.1, 0.15) is 20.8 Å². The van der Waals surface area contributed by atoms with Crippen molar-refractivity contribution in [3.05, 3.63) is 24.3 Å². The molecule has 1 rings (SSSR count). The maximum atomic E-state index is 5.74. The Hall–Kier alpha value is -1.18. The van der Waals surface area contributed by atoms with Gasteiger partial charge in [0.2, 0.25) is 0 Å². The van der Waals surface area contributed by atoms with Gasteiger partial charge in [-0.2, -0.15) is 0 Å². The van der Waals surface area contributed by atoms with Crippen LogP contribution in [-0.2, 0) is 0 Å². The van der Waals surface area contributed by atoms with Crippen molar-refractivity contribution in [2.75, 3.05) is 7.11 Å². The van der Waals surface area contributed by atoms with Crippen LogP contribution >= 0.6 is 0 Å². The molecule has 1 unspecified atom stereocenters. The lowest BCUT2D eigenvalue weighted by Crippen LogP contribution is -2.18. The summed E-state index contributed by atoms with van der Waals surface area (Å²) < 4.78 is 10.9. The first-order chi connectivity index (χ1) is 6.63. The molecule has 1 aromatic rings. The van der Waals surface area contributed by atoms with Crippen molar-refractivity contribution in [2.45, 2.75) is 26.9 Å². The first-order valence-electron chi connectivity index (χ1n) is 4.94. The summed E-state index contributed by atoms with van der Waals surface area (Å²) in [7, 11) is 1.66. The van der Waals surface area contributed by atoms with Gasteiger partial charge < -0.3 is 9.47 Å². The number of ether oxygens (including phenoxy) is 2. The maximum Gasteiger partial charge on any atom is 0.123 e. The van der Waals surface area contributed by atoms with E-state index in [0.29, 0.717) is 5.92 Å². The smallest absolute Gasteiger partial charge is 0.123 e. The van der Waals surface area contributed by atoms with Crippen LogP contribution in [0.25, 0.3) is 0 Å². The van der Waals surface area contributed by atoms with Crippen molar-refractivity contribution in [2.24, 2.45) is 5.92 Å². The fourth-order valence-corrected chi connectivity index (χ4v) is 1.03. The second kappa shape index (κ2) is 4.89. The highest BCUT2D eigenvalue weighted by atomic mass is 16.5. The average molecular weight is 194 g/mol. The van der Waals surface area contributed by atoms with E-state index >= 15 is 0 Å². The normalized spacial score (nSPS) is 12.6. The molecule has 0 heterocycles. The summed E-state index contributed by atoms with van der Waals surface area (Å²) >= 11 is 0. The standard InChI is InChI=1S/C12H18O2/c1-9(2)10(3)14-12-7-5-6-11(8-12)13-4/h5-10H,1-4H3. The van der Waals surface area contributed by atoms with Gasteiger partial charge in [-0.1, -0.05) is 19.9 Å². The Morgan fingerprint density at radius 2 is 1.71 bits per heavy atom. The Kier molecular flexibility index (Phi) is 3.81. The third-order valence-corrected chi connectivity index (χ3v) is 2.30. The van der Waals surface area contributed by atoms with Crippen LogP contribution in [0.4, 0.5) is 0 Å². The molecule has 0 radical (unpaired) electrons. The van der Waals surface area contributed by atoms with E-state index in [2.05, 4.69) is 20.8 Å². The van der Waals surface area contributed by atoms with Gasteiger partial charge in [0.25, 0.3) is 0 Å². The second-order valence-corrected chi connectivity index (χ2v) is 3.75. The van der Waals surface area contributed by atoms with Gasteiger partial charge in [0, 0.05) is 6.07 Å². The monoisotopic (exact) mass is 194 g/mol. The van der Waals surface area contributed by atoms with Crippen LogP contribution in [0.2, 0.25) is 0 Å². The van der Waals surface area contributed by atoms with E-state index in [9.17, 15) is 0 Å². The molecule has 0 amide bonds. The minimum atomic E-state index is 0.224. The first-order valence-corrected chi connectivity index (χ1v) is 4.94. The lowest BCUT2D eigenvalue weighted by Gasteiger charge is -2.18. The van der Waals surface area contributed by atoms with Crippen LogP contribution in [-0.4, -0.2) is 13.2 Å². The number of methoxy groups -OCH3 is 1. The third kappa shape index (κ3) is 2.95. The summed E-state index contributed by atoms with van der Waals surface area (Å²) in [4.78, 5) is 0. The maximum absolute atomic E-state index is 5.74. The Morgan fingerprint density at radius 1 is 1.07 bits per heavy atom. The molecular weight excluding hydrogens is 176 g/mol. The van der Waals surface area contributed by atoms with Crippen molar-refractivity contribution in [3.8, 4) is 11.5 Å². The zero-order valence-corrected chi connectivity index (χ0v) is 9.28. The predicted octanol–water partition coefficient (Wildman–Crippen LogP) is 3.12. The molecule has 78 valence electrons. The average Bonchev–Trinajstić information content (AvgIpc) is 2.18. The van der Waals surface area contributed by atoms with E-state index in [1.807, 2.05) is 24.3 Å². The number of benzene rings is 1. The van der Waals surface area contributed by atoms with Gasteiger partial charge in [-0.3, -0.25) is 0 Å². The van der Waals surface area contributed by atoms with Gasteiger partial charge in [-0.25, -0.2) is 0 Å². The van der Waals surface area contributed by atoms with Crippen molar-refractivity contribution < 1.29 is 9.47 Å². The minimum absolute atomic E-state index is 0.224. The number of hydrogen-bond donors (Lipinski definition) is 0. The topological polar surface area (TPSA) is 18.5 Å². The summed E-state index contributed by atoms with van der Waals surface area (Å²) in [6, 6.07) is 7.69. The zero-order valence-electron chi connectivity index (χ0n) is 9.28. The Bertz CT molecular complexity index is 281. The van der Waals surface area contributed by atoms with Crippen LogP contribution in [0.15, 0.2) is 24.3 Å². The molecule has 1 aromatic carbocycles. The quantitative estimate of drug-likeness (QED) is 0.733. The molecule has 0 N–H and O–H groups in total. The number of hydrogen-bond acceptors (Lipinski definition) is 2. The van der Waals surface area contributed by atoms with Crippen molar-refractivity contribution >= 4 is 0 Å². The van der Waals surface area contributed by atoms with Crippen LogP contribution in [0, 0.1) is 5.92 Å². The van der Waals surface area contributed by atoms with Gasteiger partial charge in [-0.15, -0.1) is 0 Å². The molecule has 0 fully saturated rings.